The summed E-state index contributed by atoms with van der Waals surface area (Å²) in [6, 6.07) is 6.79. The molecule has 2 rings (SSSR count). The molecular weight excluding hydrogens is 207 g/mol. The van der Waals surface area contributed by atoms with Gasteiger partial charge in [-0.1, -0.05) is 30.4 Å². The van der Waals surface area contributed by atoms with Crippen LogP contribution < -0.4 is 0 Å². The molecule has 0 amide bonds. The van der Waals surface area contributed by atoms with Crippen LogP contribution in [-0.2, 0) is 0 Å². The van der Waals surface area contributed by atoms with Gasteiger partial charge in [0.15, 0.2) is 0 Å². The van der Waals surface area contributed by atoms with E-state index in [0.717, 1.165) is 5.56 Å². The molecule has 1 aromatic carbocycles. The van der Waals surface area contributed by atoms with Crippen molar-refractivity contribution < 1.29 is 4.39 Å². The van der Waals surface area contributed by atoms with E-state index in [1.54, 1.807) is 12.1 Å². The van der Waals surface area contributed by atoms with E-state index in [1.807, 2.05) is 13.0 Å². The minimum absolute atomic E-state index is 0.172. The van der Waals surface area contributed by atoms with Gasteiger partial charge in [-0.05, 0) is 40.3 Å². The van der Waals surface area contributed by atoms with E-state index in [1.165, 1.54) is 11.0 Å². The van der Waals surface area contributed by atoms with E-state index in [9.17, 15) is 4.39 Å². The lowest BCUT2D eigenvalue weighted by Gasteiger charge is -2.15. The summed E-state index contributed by atoms with van der Waals surface area (Å²) in [5.74, 6) is -0.172. The number of halogens is 1. The summed E-state index contributed by atoms with van der Waals surface area (Å²) >= 11 is 0. The summed E-state index contributed by atoms with van der Waals surface area (Å²) in [6.07, 6.45) is 6.17. The molecule has 0 fully saturated rings. The van der Waals surface area contributed by atoms with Crippen molar-refractivity contribution in [3.05, 3.63) is 64.7 Å². The summed E-state index contributed by atoms with van der Waals surface area (Å²) in [4.78, 5) is 1.22. The summed E-state index contributed by atoms with van der Waals surface area (Å²) in [5, 5.41) is 4.35. The van der Waals surface area contributed by atoms with Gasteiger partial charge in [-0.25, -0.2) is 4.39 Å². The van der Waals surface area contributed by atoms with Gasteiger partial charge in [0.25, 0.3) is 0 Å². The first kappa shape index (κ1) is 10.2. The van der Waals surface area contributed by atoms with Crippen molar-refractivity contribution in [3.63, 3.8) is 0 Å². The van der Waals surface area contributed by atoms with Gasteiger partial charge in [0, 0.05) is 0 Å². The first-order valence-electron chi connectivity index (χ1n) is 4.87. The third kappa shape index (κ3) is 2.21. The molecule has 1 aliphatic heterocycles. The van der Waals surface area contributed by atoms with Crippen LogP contribution in [0.5, 0.6) is 0 Å². The van der Waals surface area contributed by atoms with Crippen LogP contribution in [0.4, 0.5) is 4.39 Å². The zero-order valence-corrected chi connectivity index (χ0v) is 9.42. The molecule has 15 heavy (non-hydrogen) atoms. The maximum absolute atomic E-state index is 13.1. The van der Waals surface area contributed by atoms with E-state index in [0.29, 0.717) is 0 Å². The number of rotatable bonds is 2. The molecule has 0 bridgehead atoms. The molecular formula is C13H13FS. The van der Waals surface area contributed by atoms with Crippen molar-refractivity contribution >= 4 is 15.8 Å². The molecule has 0 saturated heterocycles. The number of benzene rings is 1. The van der Waals surface area contributed by atoms with E-state index in [4.69, 9.17) is 0 Å². The number of hydrogen-bond donors (Lipinski definition) is 1. The van der Waals surface area contributed by atoms with Crippen molar-refractivity contribution in [2.75, 3.05) is 0 Å². The Hall–Kier alpha value is -1.28. The Morgan fingerprint density at radius 3 is 2.60 bits per heavy atom. The monoisotopic (exact) mass is 220 g/mol. The zero-order chi connectivity index (χ0) is 10.7. The van der Waals surface area contributed by atoms with Crippen LogP contribution in [0.1, 0.15) is 12.5 Å². The normalized spacial score (nSPS) is 17.5. The quantitative estimate of drug-likeness (QED) is 0.708. The molecule has 78 valence electrons. The number of allylic oxidation sites excluding steroid dienone is 3. The highest BCUT2D eigenvalue weighted by molar-refractivity contribution is 8.30. The highest BCUT2D eigenvalue weighted by Crippen LogP contribution is 2.46. The molecule has 0 aromatic heterocycles. The molecule has 1 aromatic rings. The van der Waals surface area contributed by atoms with Gasteiger partial charge in [-0.3, -0.25) is 0 Å². The molecule has 0 unspecified atom stereocenters. The van der Waals surface area contributed by atoms with Gasteiger partial charge in [0.2, 0.25) is 0 Å². The van der Waals surface area contributed by atoms with Crippen molar-refractivity contribution in [2.24, 2.45) is 0 Å². The Kier molecular flexibility index (Phi) is 3.07. The minimum Gasteiger partial charge on any atom is -0.207 e. The van der Waals surface area contributed by atoms with Gasteiger partial charge in [-0.15, -0.1) is 0 Å². The SMILES string of the molecule is CC=C(c1cccc(F)c1)[SH]1C=CC=C1. The second kappa shape index (κ2) is 4.49. The molecule has 0 nitrogen and oxygen atoms in total. The lowest BCUT2D eigenvalue weighted by Crippen LogP contribution is -1.84. The Labute approximate surface area is 92.2 Å². The fourth-order valence-electron chi connectivity index (χ4n) is 1.61. The minimum atomic E-state index is -0.364. The molecule has 1 heterocycles. The van der Waals surface area contributed by atoms with E-state index < -0.39 is 0 Å². The summed E-state index contributed by atoms with van der Waals surface area (Å²) in [6.45, 7) is 2.00. The van der Waals surface area contributed by atoms with Crippen LogP contribution in [0.15, 0.2) is 53.3 Å². The smallest absolute Gasteiger partial charge is 0.123 e. The molecule has 0 atom stereocenters. The first-order chi connectivity index (χ1) is 7.31. The molecule has 0 spiro atoms. The lowest BCUT2D eigenvalue weighted by atomic mass is 10.2. The van der Waals surface area contributed by atoms with Gasteiger partial charge >= 0.3 is 0 Å². The van der Waals surface area contributed by atoms with Gasteiger partial charge < -0.3 is 0 Å². The van der Waals surface area contributed by atoms with Gasteiger partial charge in [-0.2, -0.15) is 10.9 Å². The largest absolute Gasteiger partial charge is 0.207 e. The summed E-state index contributed by atoms with van der Waals surface area (Å²) in [5.41, 5.74) is 0.986. The molecule has 2 heteroatoms. The highest BCUT2D eigenvalue weighted by Gasteiger charge is 2.08. The molecule has 0 N–H and O–H groups in total. The number of thiol groups is 1. The third-order valence-electron chi connectivity index (χ3n) is 2.28. The van der Waals surface area contributed by atoms with E-state index in [2.05, 4.69) is 29.0 Å². The molecule has 0 aliphatic carbocycles. The summed E-state index contributed by atoms with van der Waals surface area (Å²) < 4.78 is 13.1. The molecule has 1 aliphatic rings. The first-order valence-corrected chi connectivity index (χ1v) is 6.35. The average molecular weight is 220 g/mol. The second-order valence-electron chi connectivity index (χ2n) is 3.27. The molecule has 0 radical (unpaired) electrons. The summed E-state index contributed by atoms with van der Waals surface area (Å²) in [7, 11) is -0.364. The predicted molar refractivity (Wildman–Crippen MR) is 67.3 cm³/mol. The van der Waals surface area contributed by atoms with Crippen LogP contribution in [0.3, 0.4) is 0 Å². The van der Waals surface area contributed by atoms with Crippen LogP contribution in [0.2, 0.25) is 0 Å². The van der Waals surface area contributed by atoms with E-state index >= 15 is 0 Å². The Morgan fingerprint density at radius 1 is 1.27 bits per heavy atom. The maximum atomic E-state index is 13.1. The van der Waals surface area contributed by atoms with Crippen molar-refractivity contribution in [1.82, 2.24) is 0 Å². The highest BCUT2D eigenvalue weighted by atomic mass is 32.2. The fourth-order valence-corrected chi connectivity index (χ4v) is 3.33. The Morgan fingerprint density at radius 2 is 2.00 bits per heavy atom. The van der Waals surface area contributed by atoms with Crippen molar-refractivity contribution in [1.29, 1.82) is 0 Å². The fraction of sp³-hybridized carbons (Fsp3) is 0.0769. The van der Waals surface area contributed by atoms with Gasteiger partial charge in [0.05, 0.1) is 0 Å². The second-order valence-corrected chi connectivity index (χ2v) is 5.17. The Bertz CT molecular complexity index is 432. The number of hydrogen-bond acceptors (Lipinski definition) is 0. The average Bonchev–Trinajstić information content (AvgIpc) is 2.72. The third-order valence-corrected chi connectivity index (χ3v) is 4.34. The molecule has 0 saturated carbocycles. The zero-order valence-electron chi connectivity index (χ0n) is 8.52. The van der Waals surface area contributed by atoms with Crippen molar-refractivity contribution in [2.45, 2.75) is 6.92 Å². The topological polar surface area (TPSA) is 0 Å². The van der Waals surface area contributed by atoms with Crippen LogP contribution in [-0.4, -0.2) is 0 Å². The van der Waals surface area contributed by atoms with Gasteiger partial charge in [0.1, 0.15) is 5.82 Å². The van der Waals surface area contributed by atoms with Crippen molar-refractivity contribution in [3.8, 4) is 0 Å². The van der Waals surface area contributed by atoms with Crippen LogP contribution in [0.25, 0.3) is 4.91 Å². The Balaban J connectivity index is 2.35. The van der Waals surface area contributed by atoms with E-state index in [-0.39, 0.29) is 16.7 Å². The van der Waals surface area contributed by atoms with Crippen LogP contribution in [0, 0.1) is 5.82 Å². The lowest BCUT2D eigenvalue weighted by molar-refractivity contribution is 0.627. The standard InChI is InChI=1S/C13H13FS/c1-2-13(15-8-3-4-9-15)11-6-5-7-12(14)10-11/h2-10,15H,1H3. The van der Waals surface area contributed by atoms with Crippen LogP contribution >= 0.6 is 10.9 Å². The maximum Gasteiger partial charge on any atom is 0.123 e. The predicted octanol–water partition coefficient (Wildman–Crippen LogP) is 4.23.